The van der Waals surface area contributed by atoms with Gasteiger partial charge in [-0.25, -0.2) is 0 Å². The molecule has 31 heavy (non-hydrogen) atoms. The average molecular weight is 449 g/mol. The van der Waals surface area contributed by atoms with Gasteiger partial charge in [-0.3, -0.25) is 9.59 Å². The Morgan fingerprint density at radius 2 is 1.84 bits per heavy atom. The van der Waals surface area contributed by atoms with Crippen LogP contribution in [0.5, 0.6) is 5.75 Å². The van der Waals surface area contributed by atoms with E-state index in [0.29, 0.717) is 22.3 Å². The minimum Gasteiger partial charge on any atom is -0.497 e. The summed E-state index contributed by atoms with van der Waals surface area (Å²) in [4.78, 5) is 29.0. The van der Waals surface area contributed by atoms with Crippen molar-refractivity contribution in [3.05, 3.63) is 35.7 Å². The molecule has 1 aliphatic rings. The van der Waals surface area contributed by atoms with Crippen molar-refractivity contribution in [3.8, 4) is 5.75 Å². The maximum Gasteiger partial charge on any atom is 0.251 e. The van der Waals surface area contributed by atoms with E-state index in [-0.39, 0.29) is 24.2 Å². The highest BCUT2D eigenvalue weighted by atomic mass is 32.2. The number of nitrogens with zero attached hydrogens (tertiary/aromatic N) is 5. The average Bonchev–Trinajstić information content (AvgIpc) is 3.16. The fraction of sp³-hybridized carbons (Fsp3) is 0.500. The summed E-state index contributed by atoms with van der Waals surface area (Å²) in [5.74, 6) is 1.05. The zero-order valence-electron chi connectivity index (χ0n) is 17.9. The van der Waals surface area contributed by atoms with Crippen LogP contribution in [0.25, 0.3) is 0 Å². The largest absolute Gasteiger partial charge is 0.497 e. The predicted octanol–water partition coefficient (Wildman–Crippen LogP) is 0.153. The molecular formula is C20H28N6O4S. The Morgan fingerprint density at radius 3 is 2.45 bits per heavy atom. The van der Waals surface area contributed by atoms with Gasteiger partial charge in [0.25, 0.3) is 5.91 Å². The van der Waals surface area contributed by atoms with Gasteiger partial charge in [-0.05, 0) is 31.3 Å². The van der Waals surface area contributed by atoms with Crippen LogP contribution in [0.4, 0.5) is 0 Å². The first-order chi connectivity index (χ1) is 14.9. The molecule has 1 atom stereocenters. The molecular weight excluding hydrogens is 420 g/mol. The van der Waals surface area contributed by atoms with Crippen LogP contribution in [0.2, 0.25) is 0 Å². The van der Waals surface area contributed by atoms with Gasteiger partial charge < -0.3 is 29.5 Å². The number of ether oxygens (including phenoxy) is 1. The third-order valence-electron chi connectivity index (χ3n) is 5.20. The number of carbonyl (C=O) groups is 2. The van der Waals surface area contributed by atoms with Crippen molar-refractivity contribution >= 4 is 23.6 Å². The molecule has 10 nitrogen and oxygen atoms in total. The molecule has 0 radical (unpaired) electrons. The lowest BCUT2D eigenvalue weighted by Crippen LogP contribution is -2.47. The standard InChI is InChI=1S/C20H28N6O4S/c1-24-8-10-26(11-9-24)17(28)13-31-20-23-22-18(25(20)2)16(12-27)21-19(29)14-4-6-15(30-3)7-5-14/h4-7,16,27H,8-13H2,1-3H3,(H,21,29). The van der Waals surface area contributed by atoms with Gasteiger partial charge in [0.2, 0.25) is 5.91 Å². The summed E-state index contributed by atoms with van der Waals surface area (Å²) in [6.45, 7) is 2.86. The Hall–Kier alpha value is -2.63. The van der Waals surface area contributed by atoms with Gasteiger partial charge in [-0.15, -0.1) is 10.2 Å². The van der Waals surface area contributed by atoms with E-state index in [4.69, 9.17) is 4.74 Å². The monoisotopic (exact) mass is 448 g/mol. The number of aliphatic hydroxyl groups excluding tert-OH is 1. The number of nitrogens with one attached hydrogen (secondary N) is 1. The first-order valence-corrected chi connectivity index (χ1v) is 11.0. The molecule has 0 saturated carbocycles. The summed E-state index contributed by atoms with van der Waals surface area (Å²) in [5, 5.41) is 21.4. The van der Waals surface area contributed by atoms with Crippen molar-refractivity contribution in [2.75, 3.05) is 52.7 Å². The number of carbonyl (C=O) groups excluding carboxylic acids is 2. The number of hydrogen-bond donors (Lipinski definition) is 2. The molecule has 1 aromatic heterocycles. The van der Waals surface area contributed by atoms with Crippen LogP contribution < -0.4 is 10.1 Å². The normalized spacial score (nSPS) is 15.5. The second kappa shape index (κ2) is 10.6. The Kier molecular flexibility index (Phi) is 7.88. The van der Waals surface area contributed by atoms with E-state index < -0.39 is 6.04 Å². The van der Waals surface area contributed by atoms with Crippen molar-refractivity contribution in [3.63, 3.8) is 0 Å². The maximum atomic E-state index is 12.5. The van der Waals surface area contributed by atoms with Crippen molar-refractivity contribution in [2.24, 2.45) is 7.05 Å². The van der Waals surface area contributed by atoms with E-state index in [1.807, 2.05) is 11.9 Å². The van der Waals surface area contributed by atoms with Crippen molar-refractivity contribution in [1.29, 1.82) is 0 Å². The Bertz CT molecular complexity index is 896. The summed E-state index contributed by atoms with van der Waals surface area (Å²) in [6, 6.07) is 5.94. The van der Waals surface area contributed by atoms with Crippen molar-refractivity contribution in [2.45, 2.75) is 11.2 Å². The summed E-state index contributed by atoms with van der Waals surface area (Å²) >= 11 is 1.29. The highest BCUT2D eigenvalue weighted by molar-refractivity contribution is 7.99. The van der Waals surface area contributed by atoms with Crippen LogP contribution in [0.15, 0.2) is 29.4 Å². The molecule has 11 heteroatoms. The van der Waals surface area contributed by atoms with Gasteiger partial charge in [0.1, 0.15) is 11.8 Å². The van der Waals surface area contributed by atoms with E-state index in [9.17, 15) is 14.7 Å². The Labute approximate surface area is 185 Å². The first kappa shape index (κ1) is 23.0. The molecule has 1 fully saturated rings. The molecule has 0 bridgehead atoms. The fourth-order valence-corrected chi connectivity index (χ4v) is 4.03. The number of benzene rings is 1. The number of thioether (sulfide) groups is 1. The summed E-state index contributed by atoms with van der Waals surface area (Å²) in [5.41, 5.74) is 0.439. The molecule has 2 amide bonds. The molecule has 1 saturated heterocycles. The zero-order chi connectivity index (χ0) is 22.4. The van der Waals surface area contributed by atoms with Gasteiger partial charge >= 0.3 is 0 Å². The first-order valence-electron chi connectivity index (χ1n) is 9.97. The number of aliphatic hydroxyl groups is 1. The highest BCUT2D eigenvalue weighted by Crippen LogP contribution is 2.20. The van der Waals surface area contributed by atoms with Crippen LogP contribution >= 0.6 is 11.8 Å². The van der Waals surface area contributed by atoms with E-state index in [2.05, 4.69) is 20.4 Å². The van der Waals surface area contributed by atoms with E-state index in [1.54, 1.807) is 43.0 Å². The van der Waals surface area contributed by atoms with Gasteiger partial charge in [0, 0.05) is 38.8 Å². The number of amides is 2. The van der Waals surface area contributed by atoms with Gasteiger partial charge in [0.05, 0.1) is 19.5 Å². The van der Waals surface area contributed by atoms with Crippen LogP contribution in [-0.4, -0.2) is 94.2 Å². The van der Waals surface area contributed by atoms with Crippen LogP contribution in [0.3, 0.4) is 0 Å². The van der Waals surface area contributed by atoms with E-state index >= 15 is 0 Å². The minimum atomic E-state index is -0.727. The lowest BCUT2D eigenvalue weighted by Gasteiger charge is -2.32. The highest BCUT2D eigenvalue weighted by Gasteiger charge is 2.23. The zero-order valence-corrected chi connectivity index (χ0v) is 18.8. The number of hydrogen-bond acceptors (Lipinski definition) is 8. The predicted molar refractivity (Wildman–Crippen MR) is 116 cm³/mol. The van der Waals surface area contributed by atoms with Crippen LogP contribution in [0, 0.1) is 0 Å². The molecule has 1 unspecified atom stereocenters. The molecule has 3 rings (SSSR count). The molecule has 2 aromatic rings. The Morgan fingerprint density at radius 1 is 1.16 bits per heavy atom. The third kappa shape index (κ3) is 5.75. The van der Waals surface area contributed by atoms with Crippen LogP contribution in [-0.2, 0) is 11.8 Å². The molecule has 0 aliphatic carbocycles. The minimum absolute atomic E-state index is 0.0640. The number of aromatic nitrogens is 3. The number of methoxy groups -OCH3 is 1. The van der Waals surface area contributed by atoms with Gasteiger partial charge in [-0.1, -0.05) is 11.8 Å². The molecule has 2 N–H and O–H groups in total. The van der Waals surface area contributed by atoms with Gasteiger partial charge in [-0.2, -0.15) is 0 Å². The lowest BCUT2D eigenvalue weighted by molar-refractivity contribution is -0.129. The topological polar surface area (TPSA) is 113 Å². The second-order valence-corrected chi connectivity index (χ2v) is 8.25. The molecule has 168 valence electrons. The SMILES string of the molecule is COc1ccc(C(=O)NC(CO)c2nnc(SCC(=O)N3CCN(C)CC3)n2C)cc1. The van der Waals surface area contributed by atoms with Crippen LogP contribution in [0.1, 0.15) is 22.2 Å². The molecule has 2 heterocycles. The van der Waals surface area contributed by atoms with Crippen molar-refractivity contribution < 1.29 is 19.4 Å². The number of piperazine rings is 1. The van der Waals surface area contributed by atoms with E-state index in [0.717, 1.165) is 26.2 Å². The molecule has 1 aromatic carbocycles. The number of rotatable bonds is 8. The lowest BCUT2D eigenvalue weighted by atomic mass is 10.2. The molecule has 0 spiro atoms. The summed E-state index contributed by atoms with van der Waals surface area (Å²) < 4.78 is 6.79. The van der Waals surface area contributed by atoms with Gasteiger partial charge in [0.15, 0.2) is 11.0 Å². The maximum absolute atomic E-state index is 12.5. The second-order valence-electron chi connectivity index (χ2n) is 7.31. The fourth-order valence-electron chi connectivity index (χ4n) is 3.20. The third-order valence-corrected chi connectivity index (χ3v) is 6.21. The van der Waals surface area contributed by atoms with Crippen molar-refractivity contribution in [1.82, 2.24) is 29.9 Å². The van der Waals surface area contributed by atoms with E-state index in [1.165, 1.54) is 11.8 Å². The summed E-state index contributed by atoms with van der Waals surface area (Å²) in [7, 11) is 5.35. The quantitative estimate of drug-likeness (QED) is 0.549. The summed E-state index contributed by atoms with van der Waals surface area (Å²) in [6.07, 6.45) is 0. The Balaban J connectivity index is 1.60. The smallest absolute Gasteiger partial charge is 0.251 e. The number of likely N-dealkylation sites (N-methyl/N-ethyl adjacent to an activating group) is 1. The molecule has 1 aliphatic heterocycles.